The van der Waals surface area contributed by atoms with Gasteiger partial charge >= 0.3 is 5.97 Å². The monoisotopic (exact) mass is 364 g/mol. The van der Waals surface area contributed by atoms with Crippen LogP contribution in [0.5, 0.6) is 0 Å². The predicted molar refractivity (Wildman–Crippen MR) is 96.4 cm³/mol. The third kappa shape index (κ3) is 6.08. The van der Waals surface area contributed by atoms with Gasteiger partial charge in [-0.25, -0.2) is 0 Å². The number of thioether (sulfide) groups is 1. The second kappa shape index (κ2) is 9.46. The smallest absolute Gasteiger partial charge is 0.305 e. The van der Waals surface area contributed by atoms with Crippen LogP contribution in [0.1, 0.15) is 43.7 Å². The molecule has 2 N–H and O–H groups in total. The number of benzene rings is 1. The van der Waals surface area contributed by atoms with Crippen molar-refractivity contribution in [3.05, 3.63) is 29.8 Å². The molecule has 6 nitrogen and oxygen atoms in total. The highest BCUT2D eigenvalue weighted by molar-refractivity contribution is 7.98. The lowest BCUT2D eigenvalue weighted by molar-refractivity contribution is -0.139. The van der Waals surface area contributed by atoms with Gasteiger partial charge in [0.25, 0.3) is 0 Å². The number of nitrogens with zero attached hydrogens (tertiary/aromatic N) is 1. The number of hydrogen-bond acceptors (Lipinski definition) is 4. The molecule has 1 aromatic rings. The Bertz CT molecular complexity index is 618. The van der Waals surface area contributed by atoms with Gasteiger partial charge < -0.3 is 15.3 Å². The van der Waals surface area contributed by atoms with Crippen molar-refractivity contribution in [2.75, 3.05) is 19.3 Å². The first kappa shape index (κ1) is 19.3. The maximum atomic E-state index is 12.4. The lowest BCUT2D eigenvalue weighted by Gasteiger charge is -2.23. The SMILES string of the molecule is CSc1ccc(C(CC(=O)O)NC(=O)CN2CCCCCC2=O)cc1. The van der Waals surface area contributed by atoms with Gasteiger partial charge in [-0.05, 0) is 36.8 Å². The Morgan fingerprint density at radius 1 is 1.24 bits per heavy atom. The third-order valence-electron chi connectivity index (χ3n) is 4.24. The van der Waals surface area contributed by atoms with Crippen molar-refractivity contribution >= 4 is 29.5 Å². The summed E-state index contributed by atoms with van der Waals surface area (Å²) in [6.07, 6.45) is 4.99. The fraction of sp³-hybridized carbons (Fsp3) is 0.500. The highest BCUT2D eigenvalue weighted by Gasteiger charge is 2.22. The summed E-state index contributed by atoms with van der Waals surface area (Å²) in [5.41, 5.74) is 0.746. The van der Waals surface area contributed by atoms with E-state index >= 15 is 0 Å². The van der Waals surface area contributed by atoms with Crippen LogP contribution in [-0.4, -0.2) is 47.1 Å². The molecule has 0 radical (unpaired) electrons. The molecule has 0 bridgehead atoms. The van der Waals surface area contributed by atoms with Crippen molar-refractivity contribution in [1.29, 1.82) is 0 Å². The number of hydrogen-bond donors (Lipinski definition) is 2. The van der Waals surface area contributed by atoms with Crippen molar-refractivity contribution in [3.8, 4) is 0 Å². The number of amides is 2. The summed E-state index contributed by atoms with van der Waals surface area (Å²) in [6, 6.07) is 6.86. The van der Waals surface area contributed by atoms with E-state index in [4.69, 9.17) is 5.11 Å². The molecule has 7 heteroatoms. The molecule has 2 amide bonds. The average Bonchev–Trinajstić information content (AvgIpc) is 2.78. The van der Waals surface area contributed by atoms with Crippen LogP contribution in [0, 0.1) is 0 Å². The molecule has 25 heavy (non-hydrogen) atoms. The Morgan fingerprint density at radius 3 is 2.60 bits per heavy atom. The van der Waals surface area contributed by atoms with Gasteiger partial charge in [-0.2, -0.15) is 0 Å². The molecule has 1 saturated heterocycles. The highest BCUT2D eigenvalue weighted by atomic mass is 32.2. The topological polar surface area (TPSA) is 86.7 Å². The molecule has 1 aliphatic heterocycles. The van der Waals surface area contributed by atoms with Crippen molar-refractivity contribution in [3.63, 3.8) is 0 Å². The largest absolute Gasteiger partial charge is 0.481 e. The normalized spacial score (nSPS) is 16.2. The number of nitrogens with one attached hydrogen (secondary N) is 1. The summed E-state index contributed by atoms with van der Waals surface area (Å²) in [7, 11) is 0. The predicted octanol–water partition coefficient (Wildman–Crippen LogP) is 2.44. The fourth-order valence-corrected chi connectivity index (χ4v) is 3.29. The van der Waals surface area contributed by atoms with Crippen molar-refractivity contribution in [1.82, 2.24) is 10.2 Å². The average molecular weight is 364 g/mol. The zero-order valence-electron chi connectivity index (χ0n) is 14.4. The van der Waals surface area contributed by atoms with E-state index in [9.17, 15) is 14.4 Å². The quantitative estimate of drug-likeness (QED) is 0.726. The minimum absolute atomic E-state index is 0.00763. The number of carboxylic acids is 1. The summed E-state index contributed by atoms with van der Waals surface area (Å²) >= 11 is 1.59. The second-order valence-corrected chi connectivity index (χ2v) is 7.00. The van der Waals surface area contributed by atoms with Gasteiger partial charge in [-0.3, -0.25) is 14.4 Å². The van der Waals surface area contributed by atoms with E-state index in [1.165, 1.54) is 0 Å². The summed E-state index contributed by atoms with van der Waals surface area (Å²) in [5, 5.41) is 11.9. The van der Waals surface area contributed by atoms with Gasteiger partial charge in [-0.15, -0.1) is 11.8 Å². The molecule has 1 atom stereocenters. The first-order chi connectivity index (χ1) is 12.0. The molecule has 0 spiro atoms. The Morgan fingerprint density at radius 2 is 1.96 bits per heavy atom. The lowest BCUT2D eigenvalue weighted by atomic mass is 10.0. The van der Waals surface area contributed by atoms with Crippen LogP contribution in [0.4, 0.5) is 0 Å². The van der Waals surface area contributed by atoms with E-state index in [0.29, 0.717) is 13.0 Å². The first-order valence-electron chi connectivity index (χ1n) is 8.42. The van der Waals surface area contributed by atoms with Crippen LogP contribution in [0.2, 0.25) is 0 Å². The van der Waals surface area contributed by atoms with Gasteiger partial charge in [0.15, 0.2) is 0 Å². The summed E-state index contributed by atoms with van der Waals surface area (Å²) < 4.78 is 0. The molecule has 0 aliphatic carbocycles. The van der Waals surface area contributed by atoms with E-state index in [-0.39, 0.29) is 24.8 Å². The van der Waals surface area contributed by atoms with Crippen molar-refractivity contribution < 1.29 is 19.5 Å². The Labute approximate surface area is 152 Å². The molecule has 1 aromatic carbocycles. The number of aliphatic carboxylic acids is 1. The lowest BCUT2D eigenvalue weighted by Crippen LogP contribution is -2.42. The molecule has 136 valence electrons. The van der Waals surface area contributed by atoms with Crippen LogP contribution in [-0.2, 0) is 14.4 Å². The second-order valence-electron chi connectivity index (χ2n) is 6.12. The van der Waals surface area contributed by atoms with Gasteiger partial charge in [0.1, 0.15) is 0 Å². The zero-order valence-corrected chi connectivity index (χ0v) is 15.2. The van der Waals surface area contributed by atoms with E-state index in [0.717, 1.165) is 29.7 Å². The zero-order chi connectivity index (χ0) is 18.2. The molecule has 0 aromatic heterocycles. The fourth-order valence-electron chi connectivity index (χ4n) is 2.88. The number of likely N-dealkylation sites (tertiary alicyclic amines) is 1. The number of carbonyl (C=O) groups excluding carboxylic acids is 2. The number of carbonyl (C=O) groups is 3. The molecule has 0 saturated carbocycles. The van der Waals surface area contributed by atoms with E-state index < -0.39 is 12.0 Å². The van der Waals surface area contributed by atoms with Gasteiger partial charge in [0.2, 0.25) is 11.8 Å². The molecule has 2 rings (SSSR count). The first-order valence-corrected chi connectivity index (χ1v) is 9.65. The Kier molecular flexibility index (Phi) is 7.31. The molecular formula is C18H24N2O4S. The minimum atomic E-state index is -0.981. The van der Waals surface area contributed by atoms with Crippen LogP contribution in [0.25, 0.3) is 0 Å². The third-order valence-corrected chi connectivity index (χ3v) is 4.98. The molecular weight excluding hydrogens is 340 g/mol. The Balaban J connectivity index is 2.03. The molecule has 1 unspecified atom stereocenters. The van der Waals surface area contributed by atoms with Gasteiger partial charge in [0.05, 0.1) is 19.0 Å². The standard InChI is InChI=1S/C18H24N2O4S/c1-25-14-8-6-13(7-9-14)15(11-18(23)24)19-16(21)12-20-10-4-2-3-5-17(20)22/h6-9,15H,2-5,10-12H2,1H3,(H,19,21)(H,23,24). The number of rotatable bonds is 7. The minimum Gasteiger partial charge on any atom is -0.481 e. The van der Waals surface area contributed by atoms with Crippen LogP contribution >= 0.6 is 11.8 Å². The van der Waals surface area contributed by atoms with Crippen molar-refractivity contribution in [2.45, 2.75) is 43.0 Å². The van der Waals surface area contributed by atoms with E-state index in [1.54, 1.807) is 16.7 Å². The molecule has 1 heterocycles. The van der Waals surface area contributed by atoms with E-state index in [1.807, 2.05) is 30.5 Å². The van der Waals surface area contributed by atoms with E-state index in [2.05, 4.69) is 5.32 Å². The van der Waals surface area contributed by atoms with Crippen molar-refractivity contribution in [2.24, 2.45) is 0 Å². The Hall–Kier alpha value is -2.02. The summed E-state index contributed by atoms with van der Waals surface area (Å²) in [4.78, 5) is 38.1. The molecule has 1 fully saturated rings. The maximum absolute atomic E-state index is 12.4. The van der Waals surface area contributed by atoms with Gasteiger partial charge in [-0.1, -0.05) is 18.6 Å². The van der Waals surface area contributed by atoms with Gasteiger partial charge in [0, 0.05) is 17.9 Å². The van der Waals surface area contributed by atoms with Crippen LogP contribution in [0.15, 0.2) is 29.2 Å². The molecule has 1 aliphatic rings. The maximum Gasteiger partial charge on any atom is 0.305 e. The highest BCUT2D eigenvalue weighted by Crippen LogP contribution is 2.21. The number of carboxylic acid groups (broad SMARTS) is 1. The van der Waals surface area contributed by atoms with Crippen LogP contribution < -0.4 is 5.32 Å². The summed E-state index contributed by atoms with van der Waals surface area (Å²) in [5.74, 6) is -1.31. The summed E-state index contributed by atoms with van der Waals surface area (Å²) in [6.45, 7) is 0.566. The van der Waals surface area contributed by atoms with Crippen LogP contribution in [0.3, 0.4) is 0 Å².